The van der Waals surface area contributed by atoms with Crippen LogP contribution in [-0.4, -0.2) is 46.6 Å². The first-order valence-electron chi connectivity index (χ1n) is 12.7. The number of nitrogens with zero attached hydrogens (tertiary/aromatic N) is 4. The van der Waals surface area contributed by atoms with Crippen molar-refractivity contribution >= 4 is 28.5 Å². The van der Waals surface area contributed by atoms with Crippen molar-refractivity contribution in [1.29, 1.82) is 0 Å². The minimum absolute atomic E-state index is 0.126. The number of methoxy groups -OCH3 is 2. The fraction of sp³-hybridized carbons (Fsp3) is 0.333. The molecule has 4 rings (SSSR count). The third-order valence-electron chi connectivity index (χ3n) is 6.19. The number of amides is 2. The zero-order chi connectivity index (χ0) is 28.3. The molecule has 0 aliphatic heterocycles. The standard InChI is InChI=1S/C30H35N5O4/c1-19-14-20(2)16-21(15-19)35(27(36)18-34-25-11-9-8-10-24(25)32-33-34)28(29(37)31-30(3,4)5)23-17-22(38-6)12-13-26(23)39-7/h8-17,28H,18H2,1-7H3,(H,31,37)/t28-/m0/s1. The van der Waals surface area contributed by atoms with E-state index in [1.54, 1.807) is 30.0 Å². The van der Waals surface area contributed by atoms with E-state index in [4.69, 9.17) is 9.47 Å². The van der Waals surface area contributed by atoms with Gasteiger partial charge in [-0.1, -0.05) is 23.4 Å². The molecular formula is C30H35N5O4. The largest absolute Gasteiger partial charge is 0.497 e. The summed E-state index contributed by atoms with van der Waals surface area (Å²) in [5, 5.41) is 11.5. The van der Waals surface area contributed by atoms with Crippen LogP contribution in [0.4, 0.5) is 5.69 Å². The number of benzene rings is 3. The Morgan fingerprint density at radius 1 is 0.974 bits per heavy atom. The number of hydrogen-bond donors (Lipinski definition) is 1. The number of rotatable bonds is 8. The highest BCUT2D eigenvalue weighted by Crippen LogP contribution is 2.37. The number of aryl methyl sites for hydroxylation is 2. The summed E-state index contributed by atoms with van der Waals surface area (Å²) in [6, 6.07) is 17.4. The number of aromatic nitrogens is 3. The summed E-state index contributed by atoms with van der Waals surface area (Å²) in [6.07, 6.45) is 0. The molecule has 0 unspecified atom stereocenters. The maximum absolute atomic E-state index is 14.3. The summed E-state index contributed by atoms with van der Waals surface area (Å²) in [7, 11) is 3.09. The van der Waals surface area contributed by atoms with E-state index in [1.807, 2.05) is 77.1 Å². The fourth-order valence-corrected chi connectivity index (χ4v) is 4.65. The summed E-state index contributed by atoms with van der Waals surface area (Å²) in [4.78, 5) is 29.9. The summed E-state index contributed by atoms with van der Waals surface area (Å²) in [6.45, 7) is 9.49. The number of carbonyl (C=O) groups is 2. The van der Waals surface area contributed by atoms with Crippen LogP contribution in [0.25, 0.3) is 11.0 Å². The van der Waals surface area contributed by atoms with Crippen LogP contribution in [0, 0.1) is 13.8 Å². The lowest BCUT2D eigenvalue weighted by Gasteiger charge is -2.34. The van der Waals surface area contributed by atoms with Gasteiger partial charge < -0.3 is 14.8 Å². The van der Waals surface area contributed by atoms with Gasteiger partial charge in [-0.2, -0.15) is 0 Å². The highest BCUT2D eigenvalue weighted by atomic mass is 16.5. The van der Waals surface area contributed by atoms with Crippen molar-refractivity contribution < 1.29 is 19.1 Å². The van der Waals surface area contributed by atoms with E-state index in [9.17, 15) is 9.59 Å². The minimum atomic E-state index is -1.07. The molecule has 0 fully saturated rings. The molecule has 0 bridgehead atoms. The predicted molar refractivity (Wildman–Crippen MR) is 151 cm³/mol. The Bertz CT molecular complexity index is 1480. The van der Waals surface area contributed by atoms with Gasteiger partial charge in [0.1, 0.15) is 29.6 Å². The maximum Gasteiger partial charge on any atom is 0.249 e. The van der Waals surface area contributed by atoms with Crippen LogP contribution < -0.4 is 19.7 Å². The molecule has 0 saturated heterocycles. The molecule has 204 valence electrons. The van der Waals surface area contributed by atoms with Gasteiger partial charge in [0, 0.05) is 16.8 Å². The zero-order valence-electron chi connectivity index (χ0n) is 23.5. The molecule has 0 aliphatic carbocycles. The van der Waals surface area contributed by atoms with E-state index in [-0.39, 0.29) is 18.4 Å². The van der Waals surface area contributed by atoms with E-state index in [2.05, 4.69) is 15.6 Å². The first-order chi connectivity index (χ1) is 18.5. The van der Waals surface area contributed by atoms with Crippen molar-refractivity contribution in [3.8, 4) is 11.5 Å². The molecule has 0 spiro atoms. The van der Waals surface area contributed by atoms with Crippen LogP contribution >= 0.6 is 0 Å². The smallest absolute Gasteiger partial charge is 0.249 e. The molecule has 9 heteroatoms. The molecular weight excluding hydrogens is 494 g/mol. The first kappa shape index (κ1) is 27.6. The molecule has 1 N–H and O–H groups in total. The normalized spacial score (nSPS) is 12.2. The van der Waals surface area contributed by atoms with Gasteiger partial charge in [-0.3, -0.25) is 14.5 Å². The molecule has 0 radical (unpaired) electrons. The lowest BCUT2D eigenvalue weighted by atomic mass is 9.98. The molecule has 3 aromatic carbocycles. The summed E-state index contributed by atoms with van der Waals surface area (Å²) >= 11 is 0. The second-order valence-corrected chi connectivity index (χ2v) is 10.6. The number of hydrogen-bond acceptors (Lipinski definition) is 6. The van der Waals surface area contributed by atoms with Gasteiger partial charge in [0.15, 0.2) is 0 Å². The number of anilines is 1. The Labute approximate surface area is 228 Å². The van der Waals surface area contributed by atoms with E-state index < -0.39 is 11.6 Å². The lowest BCUT2D eigenvalue weighted by Crippen LogP contribution is -2.50. The Hall–Kier alpha value is -4.40. The van der Waals surface area contributed by atoms with Crippen molar-refractivity contribution in [3.63, 3.8) is 0 Å². The lowest BCUT2D eigenvalue weighted by molar-refractivity contribution is -0.128. The highest BCUT2D eigenvalue weighted by molar-refractivity contribution is 6.02. The van der Waals surface area contributed by atoms with Gasteiger partial charge in [-0.05, 0) is 88.2 Å². The Kier molecular flexibility index (Phi) is 7.90. The van der Waals surface area contributed by atoms with Gasteiger partial charge in [0.2, 0.25) is 11.8 Å². The van der Waals surface area contributed by atoms with Crippen LogP contribution in [0.15, 0.2) is 60.7 Å². The van der Waals surface area contributed by atoms with Gasteiger partial charge in [-0.25, -0.2) is 4.68 Å². The zero-order valence-corrected chi connectivity index (χ0v) is 23.5. The molecule has 9 nitrogen and oxygen atoms in total. The Balaban J connectivity index is 1.93. The molecule has 2 amide bonds. The van der Waals surface area contributed by atoms with Crippen LogP contribution in [0.5, 0.6) is 11.5 Å². The van der Waals surface area contributed by atoms with E-state index >= 15 is 0 Å². The second kappa shape index (κ2) is 11.1. The molecule has 1 aromatic heterocycles. The maximum atomic E-state index is 14.3. The quantitative estimate of drug-likeness (QED) is 0.354. The molecule has 1 atom stereocenters. The summed E-state index contributed by atoms with van der Waals surface area (Å²) in [5.41, 5.74) is 3.85. The molecule has 0 saturated carbocycles. The SMILES string of the molecule is COc1ccc(OC)c([C@@H](C(=O)NC(C)(C)C)N(C(=O)Cn2nnc3ccccc32)c2cc(C)cc(C)c2)c1. The third kappa shape index (κ3) is 6.19. The van der Waals surface area contributed by atoms with Gasteiger partial charge in [0.25, 0.3) is 0 Å². The topological polar surface area (TPSA) is 98.6 Å². The first-order valence-corrected chi connectivity index (χ1v) is 12.7. The van der Waals surface area contributed by atoms with Crippen LogP contribution in [0.2, 0.25) is 0 Å². The molecule has 0 aliphatic rings. The van der Waals surface area contributed by atoms with Crippen molar-refractivity contribution in [2.24, 2.45) is 0 Å². The number of nitrogens with one attached hydrogen (secondary N) is 1. The van der Waals surface area contributed by atoms with Gasteiger partial charge >= 0.3 is 0 Å². The van der Waals surface area contributed by atoms with Crippen molar-refractivity contribution in [2.45, 2.75) is 52.7 Å². The van der Waals surface area contributed by atoms with E-state index in [0.717, 1.165) is 16.6 Å². The third-order valence-corrected chi connectivity index (χ3v) is 6.19. The van der Waals surface area contributed by atoms with E-state index in [1.165, 1.54) is 12.0 Å². The summed E-state index contributed by atoms with van der Waals surface area (Å²) in [5.74, 6) is 0.298. The number of para-hydroxylation sites is 1. The highest BCUT2D eigenvalue weighted by Gasteiger charge is 2.37. The van der Waals surface area contributed by atoms with Gasteiger partial charge in [-0.15, -0.1) is 5.10 Å². The Morgan fingerprint density at radius 2 is 1.67 bits per heavy atom. The summed E-state index contributed by atoms with van der Waals surface area (Å²) < 4.78 is 12.7. The van der Waals surface area contributed by atoms with E-state index in [0.29, 0.717) is 28.3 Å². The molecule has 1 heterocycles. The molecule has 39 heavy (non-hydrogen) atoms. The monoisotopic (exact) mass is 529 g/mol. The average molecular weight is 530 g/mol. The van der Waals surface area contributed by atoms with Crippen molar-refractivity contribution in [3.05, 3.63) is 77.4 Å². The van der Waals surface area contributed by atoms with Crippen LogP contribution in [0.1, 0.15) is 43.5 Å². The van der Waals surface area contributed by atoms with Crippen LogP contribution in [-0.2, 0) is 16.1 Å². The van der Waals surface area contributed by atoms with Gasteiger partial charge in [0.05, 0.1) is 19.7 Å². The Morgan fingerprint density at radius 3 is 2.31 bits per heavy atom. The predicted octanol–water partition coefficient (Wildman–Crippen LogP) is 4.75. The number of fused-ring (bicyclic) bond motifs is 1. The number of carbonyl (C=O) groups excluding carboxylic acids is 2. The average Bonchev–Trinajstić information content (AvgIpc) is 3.27. The second-order valence-electron chi connectivity index (χ2n) is 10.6. The van der Waals surface area contributed by atoms with Crippen molar-refractivity contribution in [2.75, 3.05) is 19.1 Å². The van der Waals surface area contributed by atoms with Crippen molar-refractivity contribution in [1.82, 2.24) is 20.3 Å². The minimum Gasteiger partial charge on any atom is -0.497 e. The fourth-order valence-electron chi connectivity index (χ4n) is 4.65. The van der Waals surface area contributed by atoms with Crippen LogP contribution in [0.3, 0.4) is 0 Å². The molecule has 4 aromatic rings. The number of ether oxygens (including phenoxy) is 2.